The summed E-state index contributed by atoms with van der Waals surface area (Å²) < 4.78 is 7.27. The fraction of sp³-hybridized carbons (Fsp3) is 0.857. The number of halogens is 2. The van der Waals surface area contributed by atoms with Gasteiger partial charge in [-0.2, -0.15) is 0 Å². The van der Waals surface area contributed by atoms with Crippen molar-refractivity contribution >= 4 is 40.2 Å². The van der Waals surface area contributed by atoms with Crippen molar-refractivity contribution in [2.24, 2.45) is 5.41 Å². The monoisotopic (exact) mass is 398 g/mol. The summed E-state index contributed by atoms with van der Waals surface area (Å²) in [5.74, 6) is 0. The zero-order valence-electron chi connectivity index (χ0n) is 12.9. The third-order valence-electron chi connectivity index (χ3n) is 3.86. The van der Waals surface area contributed by atoms with Crippen LogP contribution in [-0.4, -0.2) is 14.9 Å². The lowest BCUT2D eigenvalue weighted by atomic mass is 9.86. The first-order valence-corrected chi connectivity index (χ1v) is 11.0. The number of hydrogen-bond acceptors (Lipinski definition) is 1. The summed E-state index contributed by atoms with van der Waals surface area (Å²) in [6, 6.07) is 0. The van der Waals surface area contributed by atoms with Crippen molar-refractivity contribution in [3.05, 3.63) is 9.47 Å². The molecule has 0 rings (SSSR count). The van der Waals surface area contributed by atoms with E-state index in [1.54, 1.807) is 0 Å². The molecule has 0 amide bonds. The molecule has 4 heteroatoms. The molecule has 0 aliphatic rings. The molecule has 0 aromatic heterocycles. The molecule has 0 saturated carbocycles. The van der Waals surface area contributed by atoms with Crippen molar-refractivity contribution in [3.8, 4) is 0 Å². The van der Waals surface area contributed by atoms with Crippen molar-refractivity contribution < 1.29 is 4.43 Å². The lowest BCUT2D eigenvalue weighted by Gasteiger charge is -2.37. The minimum absolute atomic E-state index is 0.287. The van der Waals surface area contributed by atoms with Gasteiger partial charge in [-0.25, -0.2) is 0 Å². The highest BCUT2D eigenvalue weighted by molar-refractivity contribution is 9.28. The van der Waals surface area contributed by atoms with Crippen LogP contribution in [0.25, 0.3) is 0 Å². The van der Waals surface area contributed by atoms with Crippen LogP contribution in [0.3, 0.4) is 0 Å². The number of rotatable bonds is 6. The molecule has 108 valence electrons. The van der Waals surface area contributed by atoms with Crippen LogP contribution in [0.15, 0.2) is 9.47 Å². The van der Waals surface area contributed by atoms with Crippen LogP contribution in [-0.2, 0) is 4.43 Å². The van der Waals surface area contributed by atoms with Crippen LogP contribution in [0.2, 0.25) is 18.1 Å². The molecule has 18 heavy (non-hydrogen) atoms. The average molecular weight is 400 g/mol. The molecule has 0 fully saturated rings. The summed E-state index contributed by atoms with van der Waals surface area (Å²) in [4.78, 5) is 0. The second kappa shape index (κ2) is 7.05. The molecular weight excluding hydrogens is 372 g/mol. The highest BCUT2D eigenvalue weighted by Crippen LogP contribution is 2.37. The minimum atomic E-state index is -1.58. The second-order valence-corrected chi connectivity index (χ2v) is 14.8. The Morgan fingerprint density at radius 1 is 1.11 bits per heavy atom. The Labute approximate surface area is 131 Å². The SMILES string of the molecule is CC(C)(CC=C(Br)Br)CCO[Si](C)(C)C(C)(C)C. The van der Waals surface area contributed by atoms with E-state index < -0.39 is 8.32 Å². The highest BCUT2D eigenvalue weighted by Gasteiger charge is 2.37. The van der Waals surface area contributed by atoms with Gasteiger partial charge in [0, 0.05) is 6.61 Å². The molecule has 0 aromatic carbocycles. The summed E-state index contributed by atoms with van der Waals surface area (Å²) in [5, 5.41) is 0.302. The van der Waals surface area contributed by atoms with Gasteiger partial charge in [-0.05, 0) is 68.2 Å². The molecule has 0 aromatic rings. The van der Waals surface area contributed by atoms with E-state index in [4.69, 9.17) is 4.43 Å². The smallest absolute Gasteiger partial charge is 0.191 e. The van der Waals surface area contributed by atoms with Gasteiger partial charge in [0.1, 0.15) is 0 Å². The van der Waals surface area contributed by atoms with Gasteiger partial charge in [0.05, 0.1) is 3.39 Å². The summed E-state index contributed by atoms with van der Waals surface area (Å²) >= 11 is 6.81. The molecule has 0 unspecified atom stereocenters. The fourth-order valence-corrected chi connectivity index (χ4v) is 2.62. The van der Waals surface area contributed by atoms with E-state index in [2.05, 4.69) is 85.6 Å². The predicted molar refractivity (Wildman–Crippen MR) is 92.1 cm³/mol. The lowest BCUT2D eigenvalue weighted by molar-refractivity contribution is 0.214. The van der Waals surface area contributed by atoms with E-state index in [0.29, 0.717) is 5.04 Å². The Balaban J connectivity index is 4.23. The molecule has 0 saturated heterocycles. The largest absolute Gasteiger partial charge is 0.417 e. The average Bonchev–Trinajstić information content (AvgIpc) is 2.12. The quantitative estimate of drug-likeness (QED) is 0.466. The Bertz CT molecular complexity index is 287. The van der Waals surface area contributed by atoms with Crippen molar-refractivity contribution in [2.45, 2.75) is 65.6 Å². The Hall–Kier alpha value is 0.877. The maximum atomic E-state index is 6.23. The van der Waals surface area contributed by atoms with E-state index in [1.165, 1.54) is 0 Å². The molecule has 0 radical (unpaired) electrons. The van der Waals surface area contributed by atoms with Crippen molar-refractivity contribution in [2.75, 3.05) is 6.61 Å². The first-order chi connectivity index (χ1) is 7.87. The van der Waals surface area contributed by atoms with Crippen molar-refractivity contribution in [3.63, 3.8) is 0 Å². The van der Waals surface area contributed by atoms with Crippen LogP contribution >= 0.6 is 31.9 Å². The van der Waals surface area contributed by atoms with Crippen LogP contribution in [0.1, 0.15) is 47.5 Å². The normalized spacial score (nSPS) is 13.6. The van der Waals surface area contributed by atoms with Crippen LogP contribution in [0, 0.1) is 5.41 Å². The number of allylic oxidation sites excluding steroid dienone is 1. The second-order valence-electron chi connectivity index (χ2n) is 7.22. The zero-order chi connectivity index (χ0) is 14.6. The van der Waals surface area contributed by atoms with Gasteiger partial charge < -0.3 is 4.43 Å². The molecule has 0 aliphatic heterocycles. The summed E-state index contributed by atoms with van der Waals surface area (Å²) in [6.07, 6.45) is 4.33. The van der Waals surface area contributed by atoms with Crippen LogP contribution < -0.4 is 0 Å². The summed E-state index contributed by atoms with van der Waals surface area (Å²) in [6.45, 7) is 16.9. The van der Waals surface area contributed by atoms with Gasteiger partial charge in [-0.1, -0.05) is 40.7 Å². The number of hydrogen-bond donors (Lipinski definition) is 0. The van der Waals surface area contributed by atoms with E-state index in [-0.39, 0.29) is 5.41 Å². The summed E-state index contributed by atoms with van der Waals surface area (Å²) in [7, 11) is -1.58. The molecule has 0 aliphatic carbocycles. The lowest BCUT2D eigenvalue weighted by Crippen LogP contribution is -2.41. The maximum Gasteiger partial charge on any atom is 0.191 e. The Morgan fingerprint density at radius 2 is 1.61 bits per heavy atom. The van der Waals surface area contributed by atoms with Gasteiger partial charge in [0.2, 0.25) is 0 Å². The van der Waals surface area contributed by atoms with Gasteiger partial charge in [-0.3, -0.25) is 0 Å². The highest BCUT2D eigenvalue weighted by atomic mass is 79.9. The van der Waals surface area contributed by atoms with Gasteiger partial charge in [0.25, 0.3) is 0 Å². The predicted octanol–water partition coefficient (Wildman–Crippen LogP) is 6.45. The maximum absolute atomic E-state index is 6.23. The van der Waals surface area contributed by atoms with Crippen molar-refractivity contribution in [1.82, 2.24) is 0 Å². The van der Waals surface area contributed by atoms with E-state index in [1.807, 2.05) is 0 Å². The van der Waals surface area contributed by atoms with Crippen molar-refractivity contribution in [1.29, 1.82) is 0 Å². The fourth-order valence-electron chi connectivity index (χ4n) is 1.25. The van der Waals surface area contributed by atoms with E-state index in [9.17, 15) is 0 Å². The topological polar surface area (TPSA) is 9.23 Å². The van der Waals surface area contributed by atoms with Gasteiger partial charge >= 0.3 is 0 Å². The van der Waals surface area contributed by atoms with Gasteiger partial charge in [-0.15, -0.1) is 0 Å². The molecule has 0 bridgehead atoms. The Kier molecular flexibility index (Phi) is 7.39. The summed E-state index contributed by atoms with van der Waals surface area (Å²) in [5.41, 5.74) is 0.287. The molecule has 0 N–H and O–H groups in total. The van der Waals surface area contributed by atoms with Crippen LogP contribution in [0.5, 0.6) is 0 Å². The third kappa shape index (κ3) is 7.46. The molecule has 0 spiro atoms. The van der Waals surface area contributed by atoms with E-state index in [0.717, 1.165) is 22.8 Å². The third-order valence-corrected chi connectivity index (χ3v) is 9.04. The first kappa shape index (κ1) is 18.9. The molecule has 0 atom stereocenters. The Morgan fingerprint density at radius 3 is 2.00 bits per heavy atom. The first-order valence-electron chi connectivity index (χ1n) is 6.52. The molecular formula is C14H28Br2OSi. The standard InChI is InChI=1S/C14H28Br2OSi/c1-13(2,3)18(6,7)17-11-10-14(4,5)9-8-12(15)16/h8H,9-11H2,1-7H3. The van der Waals surface area contributed by atoms with Gasteiger partial charge in [0.15, 0.2) is 8.32 Å². The van der Waals surface area contributed by atoms with Crippen LogP contribution in [0.4, 0.5) is 0 Å². The molecule has 1 nitrogen and oxygen atoms in total. The van der Waals surface area contributed by atoms with E-state index >= 15 is 0 Å². The minimum Gasteiger partial charge on any atom is -0.417 e. The zero-order valence-corrected chi connectivity index (χ0v) is 17.0. The molecule has 0 heterocycles.